The van der Waals surface area contributed by atoms with Crippen molar-refractivity contribution in [3.8, 4) is 11.3 Å². The van der Waals surface area contributed by atoms with Crippen LogP contribution in [-0.2, 0) is 4.79 Å². The maximum absolute atomic E-state index is 12.2. The molecule has 0 spiro atoms. The number of nitrogens with zero attached hydrogens (tertiary/aromatic N) is 2. The number of hydrogen-bond acceptors (Lipinski definition) is 4. The summed E-state index contributed by atoms with van der Waals surface area (Å²) in [4.78, 5) is 19.3. The van der Waals surface area contributed by atoms with E-state index in [-0.39, 0.29) is 5.91 Å². The molecule has 3 heterocycles. The number of carbonyl (C=O) groups is 1. The van der Waals surface area contributed by atoms with Gasteiger partial charge in [0.2, 0.25) is 0 Å². The minimum Gasteiger partial charge on any atom is -0.457 e. The highest BCUT2D eigenvalue weighted by atomic mass is 79.9. The normalized spacial score (nSPS) is 19.6. The Morgan fingerprint density at radius 1 is 1.16 bits per heavy atom. The van der Waals surface area contributed by atoms with E-state index in [1.54, 1.807) is 6.08 Å². The average molecular weight is 417 g/mol. The SMILES string of the molecule is O=C1N=C(N2CCCCC2)S/C1=C\c1ccc(-c2cccc(Br)c2)o1. The molecule has 2 aliphatic rings. The molecule has 1 saturated heterocycles. The summed E-state index contributed by atoms with van der Waals surface area (Å²) in [6.45, 7) is 1.97. The summed E-state index contributed by atoms with van der Waals surface area (Å²) in [5.74, 6) is 1.27. The molecule has 6 heteroatoms. The predicted octanol–water partition coefficient (Wildman–Crippen LogP) is 5.17. The molecule has 1 aromatic carbocycles. The first-order valence-corrected chi connectivity index (χ1v) is 9.93. The Bertz CT molecular complexity index is 866. The smallest absolute Gasteiger partial charge is 0.286 e. The molecule has 128 valence electrons. The first-order chi connectivity index (χ1) is 12.2. The third-order valence-electron chi connectivity index (χ3n) is 4.25. The van der Waals surface area contributed by atoms with Crippen molar-refractivity contribution in [2.45, 2.75) is 19.3 Å². The van der Waals surface area contributed by atoms with Crippen LogP contribution >= 0.6 is 27.7 Å². The van der Waals surface area contributed by atoms with Crippen molar-refractivity contribution in [3.63, 3.8) is 0 Å². The molecule has 25 heavy (non-hydrogen) atoms. The molecule has 0 radical (unpaired) electrons. The van der Waals surface area contributed by atoms with E-state index in [9.17, 15) is 4.79 Å². The minimum absolute atomic E-state index is 0.175. The van der Waals surface area contributed by atoms with E-state index in [0.717, 1.165) is 34.1 Å². The third kappa shape index (κ3) is 3.75. The summed E-state index contributed by atoms with van der Waals surface area (Å²) in [6.07, 6.45) is 5.38. The maximum atomic E-state index is 12.2. The Hall–Kier alpha value is -1.79. The van der Waals surface area contributed by atoms with E-state index < -0.39 is 0 Å². The van der Waals surface area contributed by atoms with Gasteiger partial charge in [-0.05, 0) is 55.3 Å². The van der Waals surface area contributed by atoms with Crippen LogP contribution in [0.4, 0.5) is 0 Å². The molecule has 0 bridgehead atoms. The van der Waals surface area contributed by atoms with E-state index in [1.165, 1.54) is 31.0 Å². The number of hydrogen-bond donors (Lipinski definition) is 0. The van der Waals surface area contributed by atoms with Gasteiger partial charge in [-0.15, -0.1) is 0 Å². The summed E-state index contributed by atoms with van der Waals surface area (Å²) in [6, 6.07) is 11.7. The molecule has 2 aromatic rings. The van der Waals surface area contributed by atoms with Crippen LogP contribution in [0.1, 0.15) is 25.0 Å². The van der Waals surface area contributed by atoms with Crippen LogP contribution < -0.4 is 0 Å². The molecule has 1 aromatic heterocycles. The third-order valence-corrected chi connectivity index (χ3v) is 5.78. The van der Waals surface area contributed by atoms with Gasteiger partial charge in [0.1, 0.15) is 11.5 Å². The van der Waals surface area contributed by atoms with Crippen LogP contribution in [0.2, 0.25) is 0 Å². The quantitative estimate of drug-likeness (QED) is 0.633. The van der Waals surface area contributed by atoms with Crippen molar-refractivity contribution >= 4 is 44.8 Å². The number of furan rings is 1. The Morgan fingerprint density at radius 2 is 2.00 bits per heavy atom. The Labute approximate surface area is 159 Å². The van der Waals surface area contributed by atoms with Crippen LogP contribution in [0, 0.1) is 0 Å². The molecule has 1 amide bonds. The number of thioether (sulfide) groups is 1. The average Bonchev–Trinajstić information content (AvgIpc) is 3.24. The molecule has 1 fully saturated rings. The molecule has 0 aliphatic carbocycles. The van der Waals surface area contributed by atoms with Gasteiger partial charge in [-0.25, -0.2) is 0 Å². The zero-order chi connectivity index (χ0) is 17.2. The first-order valence-electron chi connectivity index (χ1n) is 8.32. The Morgan fingerprint density at radius 3 is 2.80 bits per heavy atom. The van der Waals surface area contributed by atoms with Crippen molar-refractivity contribution in [1.82, 2.24) is 4.90 Å². The van der Waals surface area contributed by atoms with E-state index in [2.05, 4.69) is 25.8 Å². The summed E-state index contributed by atoms with van der Waals surface area (Å²) < 4.78 is 6.89. The van der Waals surface area contributed by atoms with Gasteiger partial charge in [0.25, 0.3) is 5.91 Å². The molecule has 4 rings (SSSR count). The van der Waals surface area contributed by atoms with Gasteiger partial charge in [-0.2, -0.15) is 4.99 Å². The van der Waals surface area contributed by atoms with Crippen molar-refractivity contribution in [2.24, 2.45) is 4.99 Å². The predicted molar refractivity (Wildman–Crippen MR) is 105 cm³/mol. The highest BCUT2D eigenvalue weighted by molar-refractivity contribution is 9.10. The number of piperidine rings is 1. The lowest BCUT2D eigenvalue weighted by Gasteiger charge is -2.27. The van der Waals surface area contributed by atoms with Gasteiger partial charge in [0, 0.05) is 29.2 Å². The van der Waals surface area contributed by atoms with Crippen molar-refractivity contribution in [2.75, 3.05) is 13.1 Å². The zero-order valence-corrected chi connectivity index (χ0v) is 16.0. The minimum atomic E-state index is -0.175. The second-order valence-corrected chi connectivity index (χ2v) is 8.00. The van der Waals surface area contributed by atoms with Crippen LogP contribution in [0.5, 0.6) is 0 Å². The second kappa shape index (κ2) is 7.22. The molecular weight excluding hydrogens is 400 g/mol. The fourth-order valence-corrected chi connectivity index (χ4v) is 4.32. The van der Waals surface area contributed by atoms with Crippen LogP contribution in [0.25, 0.3) is 17.4 Å². The number of rotatable bonds is 2. The van der Waals surface area contributed by atoms with Crippen LogP contribution in [-0.4, -0.2) is 29.1 Å². The van der Waals surface area contributed by atoms with Gasteiger partial charge < -0.3 is 9.32 Å². The highest BCUT2D eigenvalue weighted by Gasteiger charge is 2.27. The molecule has 0 N–H and O–H groups in total. The fraction of sp³-hybridized carbons (Fsp3) is 0.263. The van der Waals surface area contributed by atoms with Gasteiger partial charge >= 0.3 is 0 Å². The monoisotopic (exact) mass is 416 g/mol. The van der Waals surface area contributed by atoms with Gasteiger partial charge in [-0.1, -0.05) is 28.1 Å². The second-order valence-electron chi connectivity index (χ2n) is 6.07. The summed E-state index contributed by atoms with van der Waals surface area (Å²) in [5, 5.41) is 0.828. The number of aliphatic imine (C=N–C) groups is 1. The summed E-state index contributed by atoms with van der Waals surface area (Å²) in [5.41, 5.74) is 0.995. The fourth-order valence-electron chi connectivity index (χ4n) is 2.97. The molecule has 0 atom stereocenters. The molecule has 4 nitrogen and oxygen atoms in total. The van der Waals surface area contributed by atoms with E-state index in [1.807, 2.05) is 36.4 Å². The van der Waals surface area contributed by atoms with Gasteiger partial charge in [0.15, 0.2) is 5.17 Å². The lowest BCUT2D eigenvalue weighted by Crippen LogP contribution is -2.33. The van der Waals surface area contributed by atoms with E-state index >= 15 is 0 Å². The van der Waals surface area contributed by atoms with Gasteiger partial charge in [-0.3, -0.25) is 4.79 Å². The number of likely N-dealkylation sites (tertiary alicyclic amines) is 1. The number of halogens is 1. The van der Waals surface area contributed by atoms with Gasteiger partial charge in [0.05, 0.1) is 4.91 Å². The number of benzene rings is 1. The standard InChI is InChI=1S/C19H17BrN2O2S/c20-14-6-4-5-13(11-14)16-8-7-15(24-16)12-17-18(23)21-19(25-17)22-9-2-1-3-10-22/h4-8,11-12H,1-3,9-10H2/b17-12-. The van der Waals surface area contributed by atoms with Crippen molar-refractivity contribution < 1.29 is 9.21 Å². The Balaban J connectivity index is 1.51. The lowest BCUT2D eigenvalue weighted by molar-refractivity contribution is -0.113. The lowest BCUT2D eigenvalue weighted by atomic mass is 10.1. The van der Waals surface area contributed by atoms with E-state index in [4.69, 9.17) is 4.42 Å². The summed E-state index contributed by atoms with van der Waals surface area (Å²) >= 11 is 4.92. The highest BCUT2D eigenvalue weighted by Crippen LogP contribution is 2.33. The van der Waals surface area contributed by atoms with Crippen LogP contribution in [0.3, 0.4) is 0 Å². The largest absolute Gasteiger partial charge is 0.457 e. The number of amides is 1. The first kappa shape index (κ1) is 16.7. The van der Waals surface area contributed by atoms with Crippen molar-refractivity contribution in [1.29, 1.82) is 0 Å². The van der Waals surface area contributed by atoms with E-state index in [0.29, 0.717) is 10.7 Å². The molecule has 0 unspecified atom stereocenters. The summed E-state index contributed by atoms with van der Waals surface area (Å²) in [7, 11) is 0. The number of amidine groups is 1. The van der Waals surface area contributed by atoms with Crippen molar-refractivity contribution in [3.05, 3.63) is 51.5 Å². The zero-order valence-electron chi connectivity index (χ0n) is 13.6. The Kier molecular flexibility index (Phi) is 4.81. The molecule has 2 aliphatic heterocycles. The molecular formula is C19H17BrN2O2S. The maximum Gasteiger partial charge on any atom is 0.286 e. The molecule has 0 saturated carbocycles. The topological polar surface area (TPSA) is 45.8 Å². The van der Waals surface area contributed by atoms with Crippen LogP contribution in [0.15, 0.2) is 55.2 Å². The number of carbonyl (C=O) groups excluding carboxylic acids is 1.